The fourth-order valence-corrected chi connectivity index (χ4v) is 3.41. The highest BCUT2D eigenvalue weighted by atomic mass is 32.1. The maximum absolute atomic E-state index is 12.1. The summed E-state index contributed by atoms with van der Waals surface area (Å²) < 4.78 is 5.71. The molecule has 0 unspecified atom stereocenters. The quantitative estimate of drug-likeness (QED) is 0.561. The lowest BCUT2D eigenvalue weighted by Gasteiger charge is -2.07. The SMILES string of the molecule is O=C(COc1ncnc2scc(-c3ccccc3)c12)c1ccc[nH]1. The summed E-state index contributed by atoms with van der Waals surface area (Å²) >= 11 is 1.53. The van der Waals surface area contributed by atoms with Gasteiger partial charge in [0.1, 0.15) is 11.2 Å². The smallest absolute Gasteiger partial charge is 0.226 e. The Balaban J connectivity index is 1.68. The monoisotopic (exact) mass is 335 g/mol. The molecule has 6 heteroatoms. The minimum Gasteiger partial charge on any atom is -0.469 e. The second-order valence-electron chi connectivity index (χ2n) is 5.17. The maximum atomic E-state index is 12.1. The number of ether oxygens (including phenoxy) is 1. The van der Waals surface area contributed by atoms with Gasteiger partial charge in [0, 0.05) is 17.1 Å². The molecule has 0 bridgehead atoms. The van der Waals surface area contributed by atoms with E-state index in [2.05, 4.69) is 15.0 Å². The molecule has 4 rings (SSSR count). The Morgan fingerprint density at radius 3 is 2.79 bits per heavy atom. The molecule has 0 spiro atoms. The summed E-state index contributed by atoms with van der Waals surface area (Å²) in [6.45, 7) is -0.0727. The lowest BCUT2D eigenvalue weighted by molar-refractivity contribution is 0.0915. The first-order valence-electron chi connectivity index (χ1n) is 7.40. The third-order valence-electron chi connectivity index (χ3n) is 3.66. The predicted octanol–water partition coefficient (Wildman–Crippen LogP) is 3.95. The van der Waals surface area contributed by atoms with Gasteiger partial charge < -0.3 is 9.72 Å². The molecule has 118 valence electrons. The van der Waals surface area contributed by atoms with Crippen molar-refractivity contribution in [3.8, 4) is 17.0 Å². The minimum absolute atomic E-state index is 0.0727. The molecule has 4 aromatic rings. The van der Waals surface area contributed by atoms with Crippen LogP contribution in [0.15, 0.2) is 60.4 Å². The van der Waals surface area contributed by atoms with Gasteiger partial charge in [-0.2, -0.15) is 0 Å². The summed E-state index contributed by atoms with van der Waals surface area (Å²) in [5.74, 6) is 0.309. The second-order valence-corrected chi connectivity index (χ2v) is 6.03. The molecule has 0 amide bonds. The third-order valence-corrected chi connectivity index (χ3v) is 4.54. The molecule has 0 fully saturated rings. The van der Waals surface area contributed by atoms with Crippen molar-refractivity contribution in [1.29, 1.82) is 0 Å². The number of hydrogen-bond donors (Lipinski definition) is 1. The van der Waals surface area contributed by atoms with E-state index < -0.39 is 0 Å². The summed E-state index contributed by atoms with van der Waals surface area (Å²) in [4.78, 5) is 24.4. The minimum atomic E-state index is -0.122. The van der Waals surface area contributed by atoms with E-state index in [0.717, 1.165) is 21.3 Å². The number of nitrogens with one attached hydrogen (secondary N) is 1. The summed E-state index contributed by atoms with van der Waals surface area (Å²) in [5.41, 5.74) is 2.60. The number of carbonyl (C=O) groups is 1. The van der Waals surface area contributed by atoms with Crippen LogP contribution in [0.3, 0.4) is 0 Å². The van der Waals surface area contributed by atoms with Crippen LogP contribution in [0, 0.1) is 0 Å². The van der Waals surface area contributed by atoms with Gasteiger partial charge in [-0.1, -0.05) is 30.3 Å². The number of carbonyl (C=O) groups excluding carboxylic acids is 1. The van der Waals surface area contributed by atoms with Crippen LogP contribution in [0.4, 0.5) is 0 Å². The van der Waals surface area contributed by atoms with E-state index in [1.165, 1.54) is 17.7 Å². The normalized spacial score (nSPS) is 10.8. The molecule has 24 heavy (non-hydrogen) atoms. The second kappa shape index (κ2) is 6.25. The number of H-pyrrole nitrogens is 1. The average molecular weight is 335 g/mol. The molecule has 0 aliphatic rings. The number of rotatable bonds is 5. The van der Waals surface area contributed by atoms with Crippen molar-refractivity contribution in [3.05, 3.63) is 66.1 Å². The highest BCUT2D eigenvalue weighted by molar-refractivity contribution is 7.17. The zero-order valence-corrected chi connectivity index (χ0v) is 13.4. The highest BCUT2D eigenvalue weighted by Gasteiger charge is 2.15. The van der Waals surface area contributed by atoms with Crippen LogP contribution < -0.4 is 4.74 Å². The Hall–Kier alpha value is -2.99. The number of nitrogens with zero attached hydrogens (tertiary/aromatic N) is 2. The third kappa shape index (κ3) is 2.68. The fraction of sp³-hybridized carbons (Fsp3) is 0.0556. The number of Topliss-reactive ketones (excluding diaryl/α,β-unsaturated/α-hetero) is 1. The average Bonchev–Trinajstić information content (AvgIpc) is 3.30. The number of benzene rings is 1. The molecule has 1 N–H and O–H groups in total. The summed E-state index contributed by atoms with van der Waals surface area (Å²) in [6.07, 6.45) is 3.17. The van der Waals surface area contributed by atoms with Gasteiger partial charge in [0.15, 0.2) is 6.61 Å². The number of ketones is 1. The van der Waals surface area contributed by atoms with Crippen LogP contribution in [-0.4, -0.2) is 27.3 Å². The first-order valence-corrected chi connectivity index (χ1v) is 8.28. The van der Waals surface area contributed by atoms with Crippen molar-refractivity contribution in [2.75, 3.05) is 6.61 Å². The van der Waals surface area contributed by atoms with E-state index in [0.29, 0.717) is 11.6 Å². The molecule has 5 nitrogen and oxygen atoms in total. The largest absolute Gasteiger partial charge is 0.469 e. The van der Waals surface area contributed by atoms with Crippen LogP contribution >= 0.6 is 11.3 Å². The Morgan fingerprint density at radius 1 is 1.12 bits per heavy atom. The molecule has 0 saturated heterocycles. The Kier molecular flexibility index (Phi) is 3.80. The topological polar surface area (TPSA) is 67.9 Å². The van der Waals surface area contributed by atoms with Crippen LogP contribution in [0.5, 0.6) is 5.88 Å². The van der Waals surface area contributed by atoms with Gasteiger partial charge in [0.25, 0.3) is 0 Å². The van der Waals surface area contributed by atoms with Gasteiger partial charge in [-0.15, -0.1) is 11.3 Å². The maximum Gasteiger partial charge on any atom is 0.226 e. The van der Waals surface area contributed by atoms with Crippen molar-refractivity contribution in [3.63, 3.8) is 0 Å². The molecule has 0 radical (unpaired) electrons. The van der Waals surface area contributed by atoms with E-state index in [1.54, 1.807) is 18.3 Å². The van der Waals surface area contributed by atoms with Crippen LogP contribution in [0.1, 0.15) is 10.5 Å². The molecule has 3 aromatic heterocycles. The van der Waals surface area contributed by atoms with Crippen LogP contribution in [0.25, 0.3) is 21.3 Å². The van der Waals surface area contributed by atoms with Crippen molar-refractivity contribution >= 4 is 27.3 Å². The van der Waals surface area contributed by atoms with E-state index in [9.17, 15) is 4.79 Å². The van der Waals surface area contributed by atoms with Crippen molar-refractivity contribution < 1.29 is 9.53 Å². The molecule has 0 aliphatic heterocycles. The first-order chi connectivity index (χ1) is 11.8. The van der Waals surface area contributed by atoms with E-state index in [-0.39, 0.29) is 12.4 Å². The van der Waals surface area contributed by atoms with Crippen LogP contribution in [-0.2, 0) is 0 Å². The highest BCUT2D eigenvalue weighted by Crippen LogP contribution is 2.37. The van der Waals surface area contributed by atoms with Gasteiger partial charge in [-0.05, 0) is 17.7 Å². The standard InChI is InChI=1S/C18H13N3O2S/c22-15(14-7-4-8-19-14)9-23-17-16-13(12-5-2-1-3-6-12)10-24-18(16)21-11-20-17/h1-8,10-11,19H,9H2. The van der Waals surface area contributed by atoms with E-state index >= 15 is 0 Å². The zero-order valence-electron chi connectivity index (χ0n) is 12.6. The van der Waals surface area contributed by atoms with Crippen LogP contribution in [0.2, 0.25) is 0 Å². The van der Waals surface area contributed by atoms with Crippen molar-refractivity contribution in [2.45, 2.75) is 0 Å². The molecule has 0 saturated carbocycles. The van der Waals surface area contributed by atoms with E-state index in [1.807, 2.05) is 35.7 Å². The molecule has 1 aromatic carbocycles. The van der Waals surface area contributed by atoms with Gasteiger partial charge >= 0.3 is 0 Å². The van der Waals surface area contributed by atoms with Gasteiger partial charge in [0.2, 0.25) is 11.7 Å². The Bertz CT molecular complexity index is 978. The zero-order chi connectivity index (χ0) is 16.4. The summed E-state index contributed by atoms with van der Waals surface area (Å²) in [6, 6.07) is 13.5. The number of fused-ring (bicyclic) bond motifs is 1. The number of thiophene rings is 1. The van der Waals surface area contributed by atoms with Crippen molar-refractivity contribution in [1.82, 2.24) is 15.0 Å². The molecule has 0 aliphatic carbocycles. The lowest BCUT2D eigenvalue weighted by Crippen LogP contribution is -2.12. The number of hydrogen-bond acceptors (Lipinski definition) is 5. The first kappa shape index (κ1) is 14.6. The molecule has 3 heterocycles. The van der Waals surface area contributed by atoms with Gasteiger partial charge in [0.05, 0.1) is 11.1 Å². The number of aromatic nitrogens is 3. The van der Waals surface area contributed by atoms with Gasteiger partial charge in [-0.25, -0.2) is 9.97 Å². The van der Waals surface area contributed by atoms with Gasteiger partial charge in [-0.3, -0.25) is 4.79 Å². The predicted molar refractivity (Wildman–Crippen MR) is 93.5 cm³/mol. The molecular formula is C18H13N3O2S. The molecular weight excluding hydrogens is 322 g/mol. The summed E-state index contributed by atoms with van der Waals surface area (Å²) in [7, 11) is 0. The summed E-state index contributed by atoms with van der Waals surface area (Å²) in [5, 5.41) is 2.88. The lowest BCUT2D eigenvalue weighted by atomic mass is 10.1. The number of aromatic amines is 1. The van der Waals surface area contributed by atoms with E-state index in [4.69, 9.17) is 4.74 Å². The van der Waals surface area contributed by atoms with Crippen molar-refractivity contribution in [2.24, 2.45) is 0 Å². The fourth-order valence-electron chi connectivity index (χ4n) is 2.50. The Labute approximate surface area is 142 Å². The molecule has 0 atom stereocenters. The Morgan fingerprint density at radius 2 is 2.00 bits per heavy atom.